The van der Waals surface area contributed by atoms with Crippen molar-refractivity contribution in [3.05, 3.63) is 95.6 Å². The molecule has 1 saturated heterocycles. The zero-order chi connectivity index (χ0) is 24.7. The van der Waals surface area contributed by atoms with Crippen molar-refractivity contribution in [1.82, 2.24) is 9.62 Å². The molecular formula is C27H27N3O4S. The van der Waals surface area contributed by atoms with E-state index in [0.29, 0.717) is 54.2 Å². The van der Waals surface area contributed by atoms with E-state index in [9.17, 15) is 18.5 Å². The molecule has 0 bridgehead atoms. The molecule has 35 heavy (non-hydrogen) atoms. The number of amides is 1. The van der Waals surface area contributed by atoms with E-state index in [1.807, 2.05) is 12.1 Å². The van der Waals surface area contributed by atoms with Crippen molar-refractivity contribution in [2.24, 2.45) is 5.92 Å². The van der Waals surface area contributed by atoms with E-state index in [-0.39, 0.29) is 18.4 Å². The summed E-state index contributed by atoms with van der Waals surface area (Å²) in [6.07, 6.45) is 1.38. The summed E-state index contributed by atoms with van der Waals surface area (Å²) in [4.78, 5) is 13.0. The molecule has 8 heteroatoms. The summed E-state index contributed by atoms with van der Waals surface area (Å²) in [5.41, 5.74) is 1.83. The monoisotopic (exact) mass is 489 g/mol. The minimum absolute atomic E-state index is 0.202. The van der Waals surface area contributed by atoms with Crippen molar-refractivity contribution in [2.75, 3.05) is 19.6 Å². The second kappa shape index (κ2) is 11.2. The van der Waals surface area contributed by atoms with Crippen LogP contribution in [-0.2, 0) is 16.6 Å². The fraction of sp³-hybridized carbons (Fsp3) is 0.259. The van der Waals surface area contributed by atoms with Gasteiger partial charge in [-0.1, -0.05) is 42.5 Å². The maximum atomic E-state index is 12.8. The van der Waals surface area contributed by atoms with Crippen molar-refractivity contribution in [1.29, 1.82) is 5.26 Å². The number of ether oxygens (including phenoxy) is 1. The standard InChI is InChI=1S/C27H27N3O4S/c28-18-23-7-4-5-8-24(23)20-34-25-10-6-9-22(17-25)27(31)29-19-21-13-15-30(16-14-21)35(32,33)26-11-2-1-3-12-26/h1-12,17,21H,13-16,19-20H2,(H,29,31). The first-order chi connectivity index (χ1) is 17.0. The second-order valence-electron chi connectivity index (χ2n) is 8.46. The highest BCUT2D eigenvalue weighted by molar-refractivity contribution is 7.89. The van der Waals surface area contributed by atoms with Gasteiger partial charge in [-0.25, -0.2) is 8.42 Å². The number of nitriles is 1. The van der Waals surface area contributed by atoms with Crippen LogP contribution in [0.5, 0.6) is 5.75 Å². The highest BCUT2D eigenvalue weighted by atomic mass is 32.2. The predicted octanol–water partition coefficient (Wildman–Crippen LogP) is 3.97. The Morgan fingerprint density at radius 3 is 2.46 bits per heavy atom. The van der Waals surface area contributed by atoms with Crippen molar-refractivity contribution < 1.29 is 17.9 Å². The maximum Gasteiger partial charge on any atom is 0.251 e. The van der Waals surface area contributed by atoms with Gasteiger partial charge in [-0.2, -0.15) is 9.57 Å². The molecule has 0 unspecified atom stereocenters. The number of nitrogens with one attached hydrogen (secondary N) is 1. The third kappa shape index (κ3) is 6.07. The third-order valence-corrected chi connectivity index (χ3v) is 8.05. The van der Waals surface area contributed by atoms with Gasteiger partial charge in [0.15, 0.2) is 0 Å². The summed E-state index contributed by atoms with van der Waals surface area (Å²) in [7, 11) is -3.48. The van der Waals surface area contributed by atoms with E-state index in [0.717, 1.165) is 5.56 Å². The Kier molecular flexibility index (Phi) is 7.80. The fourth-order valence-electron chi connectivity index (χ4n) is 4.08. The largest absolute Gasteiger partial charge is 0.489 e. The Bertz CT molecular complexity index is 1310. The Morgan fingerprint density at radius 1 is 1.00 bits per heavy atom. The number of piperidine rings is 1. The first-order valence-corrected chi connectivity index (χ1v) is 13.0. The van der Waals surface area contributed by atoms with E-state index in [2.05, 4.69) is 11.4 Å². The van der Waals surface area contributed by atoms with Gasteiger partial charge >= 0.3 is 0 Å². The van der Waals surface area contributed by atoms with Gasteiger partial charge in [-0.05, 0) is 55.2 Å². The van der Waals surface area contributed by atoms with Gasteiger partial charge < -0.3 is 10.1 Å². The molecule has 180 valence electrons. The SMILES string of the molecule is N#Cc1ccccc1COc1cccc(C(=O)NCC2CCN(S(=O)(=O)c3ccccc3)CC2)c1. The van der Waals surface area contributed by atoms with Crippen LogP contribution in [0, 0.1) is 17.2 Å². The summed E-state index contributed by atoms with van der Waals surface area (Å²) >= 11 is 0. The van der Waals surface area contributed by atoms with Crippen LogP contribution < -0.4 is 10.1 Å². The van der Waals surface area contributed by atoms with Crippen molar-refractivity contribution in [3.8, 4) is 11.8 Å². The molecule has 1 heterocycles. The van der Waals surface area contributed by atoms with Crippen LogP contribution in [0.2, 0.25) is 0 Å². The molecule has 7 nitrogen and oxygen atoms in total. The second-order valence-corrected chi connectivity index (χ2v) is 10.4. The normalized spacial score (nSPS) is 14.7. The minimum Gasteiger partial charge on any atom is -0.489 e. The number of benzene rings is 3. The molecule has 3 aromatic carbocycles. The number of nitrogens with zero attached hydrogens (tertiary/aromatic N) is 2. The van der Waals surface area contributed by atoms with E-state index in [1.54, 1.807) is 66.7 Å². The van der Waals surface area contributed by atoms with E-state index >= 15 is 0 Å². The molecule has 0 atom stereocenters. The molecule has 1 aliphatic heterocycles. The first-order valence-electron chi connectivity index (χ1n) is 11.5. The van der Waals surface area contributed by atoms with Crippen LogP contribution in [0.4, 0.5) is 0 Å². The van der Waals surface area contributed by atoms with Crippen molar-refractivity contribution >= 4 is 15.9 Å². The van der Waals surface area contributed by atoms with Gasteiger partial charge in [0, 0.05) is 30.8 Å². The topological polar surface area (TPSA) is 99.5 Å². The molecule has 0 spiro atoms. The van der Waals surface area contributed by atoms with Gasteiger partial charge in [0.05, 0.1) is 16.5 Å². The summed E-state index contributed by atoms with van der Waals surface area (Å²) in [5, 5.41) is 12.2. The van der Waals surface area contributed by atoms with Crippen molar-refractivity contribution in [2.45, 2.75) is 24.3 Å². The van der Waals surface area contributed by atoms with Gasteiger partial charge in [0.2, 0.25) is 10.0 Å². The van der Waals surface area contributed by atoms with Gasteiger partial charge in [-0.3, -0.25) is 4.79 Å². The lowest BCUT2D eigenvalue weighted by molar-refractivity contribution is 0.0941. The van der Waals surface area contributed by atoms with E-state index < -0.39 is 10.0 Å². The molecule has 0 aromatic heterocycles. The maximum absolute atomic E-state index is 12.8. The number of carbonyl (C=O) groups is 1. The first kappa shape index (κ1) is 24.5. The Labute approximate surface area is 206 Å². The Morgan fingerprint density at radius 2 is 1.71 bits per heavy atom. The average molecular weight is 490 g/mol. The fourth-order valence-corrected chi connectivity index (χ4v) is 5.57. The molecule has 0 radical (unpaired) electrons. The summed E-state index contributed by atoms with van der Waals surface area (Å²) < 4.78 is 32.9. The molecule has 1 fully saturated rings. The molecule has 0 aliphatic carbocycles. The van der Waals surface area contributed by atoms with Crippen molar-refractivity contribution in [3.63, 3.8) is 0 Å². The van der Waals surface area contributed by atoms with Crippen LogP contribution in [0.3, 0.4) is 0 Å². The molecule has 3 aromatic rings. The minimum atomic E-state index is -3.48. The lowest BCUT2D eigenvalue weighted by atomic mass is 9.98. The number of hydrogen-bond donors (Lipinski definition) is 1. The number of sulfonamides is 1. The Hall–Kier alpha value is -3.67. The van der Waals surface area contributed by atoms with Gasteiger partial charge in [0.1, 0.15) is 12.4 Å². The highest BCUT2D eigenvalue weighted by Gasteiger charge is 2.29. The van der Waals surface area contributed by atoms with E-state index in [1.165, 1.54) is 4.31 Å². The molecule has 1 amide bonds. The predicted molar refractivity (Wildman–Crippen MR) is 132 cm³/mol. The van der Waals surface area contributed by atoms with E-state index in [4.69, 9.17) is 4.74 Å². The van der Waals surface area contributed by atoms with Gasteiger partial charge in [-0.15, -0.1) is 0 Å². The zero-order valence-electron chi connectivity index (χ0n) is 19.3. The molecule has 0 saturated carbocycles. The number of carbonyl (C=O) groups excluding carboxylic acids is 1. The third-order valence-electron chi connectivity index (χ3n) is 6.13. The smallest absolute Gasteiger partial charge is 0.251 e. The molecule has 4 rings (SSSR count). The zero-order valence-corrected chi connectivity index (χ0v) is 20.1. The Balaban J connectivity index is 1.27. The van der Waals surface area contributed by atoms with Gasteiger partial charge in [0.25, 0.3) is 5.91 Å². The van der Waals surface area contributed by atoms with Crippen LogP contribution in [0.15, 0.2) is 83.8 Å². The average Bonchev–Trinajstić information content (AvgIpc) is 2.91. The highest BCUT2D eigenvalue weighted by Crippen LogP contribution is 2.23. The van der Waals surface area contributed by atoms with Crippen LogP contribution in [0.25, 0.3) is 0 Å². The summed E-state index contributed by atoms with van der Waals surface area (Å²) in [5.74, 6) is 0.556. The van der Waals surface area contributed by atoms with Crippen LogP contribution in [-0.4, -0.2) is 38.3 Å². The van der Waals surface area contributed by atoms with Crippen LogP contribution >= 0.6 is 0 Å². The molecule has 1 aliphatic rings. The quantitative estimate of drug-likeness (QED) is 0.516. The molecule has 1 N–H and O–H groups in total. The summed E-state index contributed by atoms with van der Waals surface area (Å²) in [6.45, 7) is 1.59. The summed E-state index contributed by atoms with van der Waals surface area (Å²) in [6, 6.07) is 24.8. The lowest BCUT2D eigenvalue weighted by Gasteiger charge is -2.31. The molecular weight excluding hydrogens is 462 g/mol. The lowest BCUT2D eigenvalue weighted by Crippen LogP contribution is -2.41. The number of hydrogen-bond acceptors (Lipinski definition) is 5. The number of rotatable bonds is 8. The van der Waals surface area contributed by atoms with Crippen LogP contribution in [0.1, 0.15) is 34.3 Å².